The highest BCUT2D eigenvalue weighted by atomic mass is 35.5. The average Bonchev–Trinajstić information content (AvgIpc) is 2.56. The van der Waals surface area contributed by atoms with Crippen molar-refractivity contribution in [2.75, 3.05) is 39.1 Å². The molecule has 1 fully saturated rings. The predicted octanol–water partition coefficient (Wildman–Crippen LogP) is 2.09. The van der Waals surface area contributed by atoms with E-state index >= 15 is 0 Å². The maximum Gasteiger partial charge on any atom is 0.220 e. The molecule has 122 valence electrons. The minimum Gasteiger partial charge on any atom is -0.491 e. The van der Waals surface area contributed by atoms with Gasteiger partial charge in [-0.1, -0.05) is 11.6 Å². The number of anilines is 1. The van der Waals surface area contributed by atoms with Gasteiger partial charge >= 0.3 is 0 Å². The van der Waals surface area contributed by atoms with Crippen molar-refractivity contribution in [3.05, 3.63) is 35.5 Å². The molecule has 2 heterocycles. The number of nitrogens with zero attached hydrogens (tertiary/aromatic N) is 3. The van der Waals surface area contributed by atoms with E-state index < -0.39 is 0 Å². The monoisotopic (exact) mass is 334 g/mol. The highest BCUT2D eigenvalue weighted by molar-refractivity contribution is 6.32. The lowest BCUT2D eigenvalue weighted by molar-refractivity contribution is -0.0403. The fraction of sp³-hybridized carbons (Fsp3) is 0.375. The Labute approximate surface area is 140 Å². The average molecular weight is 335 g/mol. The van der Waals surface area contributed by atoms with Gasteiger partial charge in [0.2, 0.25) is 5.95 Å². The van der Waals surface area contributed by atoms with E-state index in [0.717, 1.165) is 31.0 Å². The van der Waals surface area contributed by atoms with E-state index in [1.54, 1.807) is 0 Å². The largest absolute Gasteiger partial charge is 0.491 e. The number of hydrogen-bond donors (Lipinski definition) is 1. The van der Waals surface area contributed by atoms with Gasteiger partial charge in [0.25, 0.3) is 0 Å². The molecule has 1 aliphatic rings. The Bertz CT molecular complexity index is 666. The third kappa shape index (κ3) is 4.10. The molecule has 1 saturated heterocycles. The molecular formula is C16H19ClN4O2. The third-order valence-corrected chi connectivity index (χ3v) is 3.94. The van der Waals surface area contributed by atoms with Crippen molar-refractivity contribution in [3.63, 3.8) is 0 Å². The summed E-state index contributed by atoms with van der Waals surface area (Å²) in [6.07, 6.45) is 1.60. The zero-order valence-corrected chi connectivity index (χ0v) is 13.7. The van der Waals surface area contributed by atoms with Gasteiger partial charge in [-0.15, -0.1) is 0 Å². The Hall–Kier alpha value is -1.89. The standard InChI is InChI=1S/C16H19ClN4O2/c1-21-6-7-22-13(9-21)10-23-12-4-2-11(3-5-12)15-14(17)8-19-16(18)20-15/h2-5,8,13H,6-7,9-10H2,1H3,(H2,18,19,20). The predicted molar refractivity (Wildman–Crippen MR) is 89.6 cm³/mol. The quantitative estimate of drug-likeness (QED) is 0.923. The van der Waals surface area contributed by atoms with Crippen LogP contribution in [0, 0.1) is 0 Å². The molecule has 0 saturated carbocycles. The van der Waals surface area contributed by atoms with Crippen molar-refractivity contribution in [1.29, 1.82) is 0 Å². The molecule has 2 aromatic rings. The Morgan fingerprint density at radius 2 is 2.17 bits per heavy atom. The van der Waals surface area contributed by atoms with Gasteiger partial charge in [-0.05, 0) is 31.3 Å². The number of aromatic nitrogens is 2. The number of nitrogens with two attached hydrogens (primary N) is 1. The van der Waals surface area contributed by atoms with E-state index in [0.29, 0.717) is 17.3 Å². The fourth-order valence-electron chi connectivity index (χ4n) is 2.45. The highest BCUT2D eigenvalue weighted by Gasteiger charge is 2.18. The van der Waals surface area contributed by atoms with Gasteiger partial charge in [0, 0.05) is 18.7 Å². The SMILES string of the molecule is CN1CCOC(COc2ccc(-c3nc(N)ncc3Cl)cc2)C1. The molecule has 1 atom stereocenters. The summed E-state index contributed by atoms with van der Waals surface area (Å²) in [5, 5.41) is 0.464. The first-order valence-corrected chi connectivity index (χ1v) is 7.81. The zero-order valence-electron chi connectivity index (χ0n) is 12.9. The molecule has 0 radical (unpaired) electrons. The lowest BCUT2D eigenvalue weighted by atomic mass is 10.1. The molecule has 7 heteroatoms. The van der Waals surface area contributed by atoms with Crippen LogP contribution in [0.5, 0.6) is 5.75 Å². The van der Waals surface area contributed by atoms with Gasteiger partial charge < -0.3 is 20.1 Å². The van der Waals surface area contributed by atoms with E-state index in [1.165, 1.54) is 6.20 Å². The normalized spacial score (nSPS) is 18.8. The minimum atomic E-state index is 0.101. The van der Waals surface area contributed by atoms with Crippen LogP contribution in [0.4, 0.5) is 5.95 Å². The second-order valence-electron chi connectivity index (χ2n) is 5.52. The maximum absolute atomic E-state index is 6.11. The summed E-state index contributed by atoms with van der Waals surface area (Å²) in [5.74, 6) is 0.979. The molecular weight excluding hydrogens is 316 g/mol. The van der Waals surface area contributed by atoms with Crippen molar-refractivity contribution < 1.29 is 9.47 Å². The van der Waals surface area contributed by atoms with Crippen LogP contribution in [0.25, 0.3) is 11.3 Å². The number of halogens is 1. The number of benzene rings is 1. The van der Waals surface area contributed by atoms with Crippen LogP contribution in [0.15, 0.2) is 30.5 Å². The number of nitrogen functional groups attached to an aromatic ring is 1. The summed E-state index contributed by atoms with van der Waals surface area (Å²) < 4.78 is 11.5. The van der Waals surface area contributed by atoms with Crippen LogP contribution in [0.3, 0.4) is 0 Å². The first-order valence-electron chi connectivity index (χ1n) is 7.43. The van der Waals surface area contributed by atoms with Crippen molar-refractivity contribution in [1.82, 2.24) is 14.9 Å². The molecule has 0 aliphatic carbocycles. The molecule has 1 aromatic carbocycles. The first kappa shape index (κ1) is 16.0. The Balaban J connectivity index is 1.64. The third-order valence-electron chi connectivity index (χ3n) is 3.67. The van der Waals surface area contributed by atoms with E-state index in [4.69, 9.17) is 26.8 Å². The van der Waals surface area contributed by atoms with Gasteiger partial charge in [0.05, 0.1) is 23.5 Å². The molecule has 23 heavy (non-hydrogen) atoms. The topological polar surface area (TPSA) is 73.5 Å². The van der Waals surface area contributed by atoms with Crippen molar-refractivity contribution in [2.45, 2.75) is 6.10 Å². The van der Waals surface area contributed by atoms with Gasteiger partial charge in [-0.3, -0.25) is 0 Å². The molecule has 6 nitrogen and oxygen atoms in total. The summed E-state index contributed by atoms with van der Waals surface area (Å²) in [6.45, 7) is 3.13. The lowest BCUT2D eigenvalue weighted by Crippen LogP contribution is -2.42. The summed E-state index contributed by atoms with van der Waals surface area (Å²) in [4.78, 5) is 10.3. The van der Waals surface area contributed by atoms with Gasteiger partial charge in [0.1, 0.15) is 18.5 Å². The van der Waals surface area contributed by atoms with Gasteiger partial charge in [-0.2, -0.15) is 0 Å². The minimum absolute atomic E-state index is 0.101. The summed E-state index contributed by atoms with van der Waals surface area (Å²) in [5.41, 5.74) is 7.09. The molecule has 3 rings (SSSR count). The lowest BCUT2D eigenvalue weighted by Gasteiger charge is -2.29. The molecule has 1 aliphatic heterocycles. The number of hydrogen-bond acceptors (Lipinski definition) is 6. The van der Waals surface area contributed by atoms with Crippen LogP contribution in [0.2, 0.25) is 5.02 Å². The van der Waals surface area contributed by atoms with Gasteiger partial charge in [-0.25, -0.2) is 9.97 Å². The first-order chi connectivity index (χ1) is 11.1. The molecule has 0 bridgehead atoms. The van der Waals surface area contributed by atoms with Crippen LogP contribution in [-0.2, 0) is 4.74 Å². The van der Waals surface area contributed by atoms with Crippen LogP contribution in [-0.4, -0.2) is 54.3 Å². The summed E-state index contributed by atoms with van der Waals surface area (Å²) >= 11 is 6.11. The van der Waals surface area contributed by atoms with E-state index in [-0.39, 0.29) is 12.1 Å². The van der Waals surface area contributed by atoms with Crippen LogP contribution < -0.4 is 10.5 Å². The zero-order chi connectivity index (χ0) is 16.2. The highest BCUT2D eigenvalue weighted by Crippen LogP contribution is 2.27. The van der Waals surface area contributed by atoms with E-state index in [2.05, 4.69) is 21.9 Å². The maximum atomic E-state index is 6.11. The smallest absolute Gasteiger partial charge is 0.220 e. The Morgan fingerprint density at radius 1 is 1.39 bits per heavy atom. The van der Waals surface area contributed by atoms with Crippen LogP contribution in [0.1, 0.15) is 0 Å². The molecule has 1 unspecified atom stereocenters. The molecule has 0 amide bonds. The second-order valence-corrected chi connectivity index (χ2v) is 5.92. The van der Waals surface area contributed by atoms with Crippen molar-refractivity contribution >= 4 is 17.5 Å². The molecule has 2 N–H and O–H groups in total. The number of morpholine rings is 1. The van der Waals surface area contributed by atoms with Crippen molar-refractivity contribution in [3.8, 4) is 17.0 Å². The summed E-state index contributed by atoms with van der Waals surface area (Å²) in [7, 11) is 2.08. The van der Waals surface area contributed by atoms with E-state index in [9.17, 15) is 0 Å². The van der Waals surface area contributed by atoms with Crippen LogP contribution >= 0.6 is 11.6 Å². The van der Waals surface area contributed by atoms with Gasteiger partial charge in [0.15, 0.2) is 0 Å². The number of likely N-dealkylation sites (N-methyl/N-ethyl adjacent to an activating group) is 1. The number of rotatable bonds is 4. The fourth-order valence-corrected chi connectivity index (χ4v) is 2.65. The van der Waals surface area contributed by atoms with E-state index in [1.807, 2.05) is 24.3 Å². The van der Waals surface area contributed by atoms with Crippen molar-refractivity contribution in [2.24, 2.45) is 0 Å². The number of ether oxygens (including phenoxy) is 2. The Kier molecular flexibility index (Phi) is 4.95. The summed E-state index contributed by atoms with van der Waals surface area (Å²) in [6, 6.07) is 7.57. The molecule has 1 aromatic heterocycles. The molecule has 0 spiro atoms. The second kappa shape index (κ2) is 7.12. The Morgan fingerprint density at radius 3 is 2.91 bits per heavy atom.